The number of alkyl carbamates (subject to hydrolysis) is 1. The third kappa shape index (κ3) is 2.66. The molecule has 5 heteroatoms. The van der Waals surface area contributed by atoms with Crippen LogP contribution in [-0.2, 0) is 14.9 Å². The number of rotatable bonds is 3. The van der Waals surface area contributed by atoms with Crippen molar-refractivity contribution in [3.05, 3.63) is 35.4 Å². The SMILES string of the molecule is CC(C)c1cccc(C23CCN(C(=O)[C@H]4C[C@]5(COC(=O)N5)C4)CC2C3)c1. The Bertz CT molecular complexity index is 799. The molecule has 2 amide bonds. The highest BCUT2D eigenvalue weighted by molar-refractivity contribution is 5.82. The van der Waals surface area contributed by atoms with Gasteiger partial charge in [-0.3, -0.25) is 4.79 Å². The lowest BCUT2D eigenvalue weighted by molar-refractivity contribution is -0.142. The first-order valence-electron chi connectivity index (χ1n) is 10.2. The number of benzene rings is 1. The van der Waals surface area contributed by atoms with Crippen LogP contribution in [0.2, 0.25) is 0 Å². The number of cyclic esters (lactones) is 1. The van der Waals surface area contributed by atoms with Crippen molar-refractivity contribution in [1.29, 1.82) is 0 Å². The number of hydrogen-bond acceptors (Lipinski definition) is 3. The highest BCUT2D eigenvalue weighted by Crippen LogP contribution is 2.59. The molecule has 2 saturated heterocycles. The van der Waals surface area contributed by atoms with E-state index >= 15 is 0 Å². The molecule has 27 heavy (non-hydrogen) atoms. The molecule has 5 nitrogen and oxygen atoms in total. The number of amides is 2. The van der Waals surface area contributed by atoms with Crippen molar-refractivity contribution in [2.45, 2.75) is 56.4 Å². The van der Waals surface area contributed by atoms with Gasteiger partial charge in [-0.05, 0) is 48.6 Å². The number of likely N-dealkylation sites (tertiary alicyclic amines) is 1. The topological polar surface area (TPSA) is 58.6 Å². The van der Waals surface area contributed by atoms with Crippen molar-refractivity contribution < 1.29 is 14.3 Å². The minimum atomic E-state index is -0.342. The fraction of sp³-hybridized carbons (Fsp3) is 0.636. The van der Waals surface area contributed by atoms with Gasteiger partial charge in [-0.15, -0.1) is 0 Å². The molecular formula is C22H28N2O3. The standard InChI is InChI=1S/C22H28N2O3/c1-14(2)15-4-3-5-17(8-15)22-6-7-24(12-18(22)11-22)19(25)16-9-21(10-16)13-27-20(26)23-21/h3-5,8,14,16,18H,6-7,9-13H2,1-2H3,(H,23,26)/t16-,18?,21+,22?. The molecule has 0 aromatic heterocycles. The molecule has 1 aromatic carbocycles. The number of carbonyl (C=O) groups is 2. The quantitative estimate of drug-likeness (QED) is 0.891. The van der Waals surface area contributed by atoms with E-state index in [9.17, 15) is 9.59 Å². The number of nitrogens with zero attached hydrogens (tertiary/aromatic N) is 1. The molecule has 0 bridgehead atoms. The van der Waals surface area contributed by atoms with Gasteiger partial charge >= 0.3 is 6.09 Å². The van der Waals surface area contributed by atoms with Gasteiger partial charge in [0.15, 0.2) is 0 Å². The van der Waals surface area contributed by atoms with Crippen LogP contribution in [0.25, 0.3) is 0 Å². The summed E-state index contributed by atoms with van der Waals surface area (Å²) in [5, 5.41) is 2.88. The van der Waals surface area contributed by atoms with Crippen LogP contribution in [0.3, 0.4) is 0 Å². The maximum Gasteiger partial charge on any atom is 0.407 e. The Morgan fingerprint density at radius 1 is 1.30 bits per heavy atom. The molecule has 2 atom stereocenters. The normalized spacial score (nSPS) is 36.9. The van der Waals surface area contributed by atoms with E-state index in [4.69, 9.17) is 4.74 Å². The molecule has 2 heterocycles. The molecule has 1 N–H and O–H groups in total. The summed E-state index contributed by atoms with van der Waals surface area (Å²) in [6.45, 7) is 6.63. The molecule has 2 unspecified atom stereocenters. The zero-order valence-corrected chi connectivity index (χ0v) is 16.2. The predicted molar refractivity (Wildman–Crippen MR) is 101 cm³/mol. The number of ether oxygens (including phenoxy) is 1. The van der Waals surface area contributed by atoms with Crippen LogP contribution in [0.5, 0.6) is 0 Å². The van der Waals surface area contributed by atoms with Gasteiger partial charge in [0.25, 0.3) is 0 Å². The number of hydrogen-bond donors (Lipinski definition) is 1. The van der Waals surface area contributed by atoms with E-state index in [1.54, 1.807) is 0 Å². The maximum absolute atomic E-state index is 12.9. The number of nitrogens with one attached hydrogen (secondary N) is 1. The third-order valence-corrected chi connectivity index (χ3v) is 7.41. The first kappa shape index (κ1) is 17.1. The fourth-order valence-electron chi connectivity index (χ4n) is 5.55. The fourth-order valence-corrected chi connectivity index (χ4v) is 5.55. The zero-order chi connectivity index (χ0) is 18.8. The smallest absolute Gasteiger partial charge is 0.407 e. The van der Waals surface area contributed by atoms with E-state index in [1.807, 2.05) is 0 Å². The third-order valence-electron chi connectivity index (χ3n) is 7.41. The van der Waals surface area contributed by atoms with Crippen LogP contribution in [0.1, 0.15) is 56.6 Å². The van der Waals surface area contributed by atoms with Gasteiger partial charge in [0.1, 0.15) is 6.61 Å². The molecule has 144 valence electrons. The van der Waals surface area contributed by atoms with Crippen molar-refractivity contribution >= 4 is 12.0 Å². The summed E-state index contributed by atoms with van der Waals surface area (Å²) in [5.74, 6) is 1.47. The van der Waals surface area contributed by atoms with Gasteiger partial charge in [0.05, 0.1) is 5.54 Å². The van der Waals surface area contributed by atoms with Crippen LogP contribution in [0, 0.1) is 11.8 Å². The number of carbonyl (C=O) groups excluding carboxylic acids is 2. The van der Waals surface area contributed by atoms with Crippen LogP contribution in [0.15, 0.2) is 24.3 Å². The van der Waals surface area contributed by atoms with E-state index in [-0.39, 0.29) is 23.5 Å². The average molecular weight is 368 g/mol. The summed E-state index contributed by atoms with van der Waals surface area (Å²) in [7, 11) is 0. The summed E-state index contributed by atoms with van der Waals surface area (Å²) in [5.41, 5.74) is 2.91. The summed E-state index contributed by atoms with van der Waals surface area (Å²) in [4.78, 5) is 26.3. The molecule has 4 aliphatic rings. The summed E-state index contributed by atoms with van der Waals surface area (Å²) >= 11 is 0. The van der Waals surface area contributed by atoms with Crippen molar-refractivity contribution in [2.75, 3.05) is 19.7 Å². The summed E-state index contributed by atoms with van der Waals surface area (Å²) in [6, 6.07) is 9.08. The molecular weight excluding hydrogens is 340 g/mol. The lowest BCUT2D eigenvalue weighted by atomic mass is 9.68. The van der Waals surface area contributed by atoms with Gasteiger partial charge < -0.3 is 15.0 Å². The van der Waals surface area contributed by atoms with E-state index in [1.165, 1.54) is 17.5 Å². The molecule has 4 fully saturated rings. The predicted octanol–water partition coefficient (Wildman–Crippen LogP) is 3.19. The van der Waals surface area contributed by atoms with Crippen molar-refractivity contribution in [1.82, 2.24) is 10.2 Å². The molecule has 2 aliphatic carbocycles. The Morgan fingerprint density at radius 3 is 2.78 bits per heavy atom. The van der Waals surface area contributed by atoms with E-state index in [0.717, 1.165) is 32.4 Å². The van der Waals surface area contributed by atoms with Gasteiger partial charge in [0, 0.05) is 24.4 Å². The maximum atomic E-state index is 12.9. The minimum Gasteiger partial charge on any atom is -0.447 e. The summed E-state index contributed by atoms with van der Waals surface area (Å²) in [6.07, 6.45) is 3.38. The second kappa shape index (κ2) is 5.73. The van der Waals surface area contributed by atoms with Gasteiger partial charge in [-0.25, -0.2) is 4.79 Å². The van der Waals surface area contributed by atoms with Crippen LogP contribution < -0.4 is 5.32 Å². The minimum absolute atomic E-state index is 0.0440. The molecule has 5 rings (SSSR count). The monoisotopic (exact) mass is 368 g/mol. The molecule has 2 aliphatic heterocycles. The largest absolute Gasteiger partial charge is 0.447 e. The zero-order valence-electron chi connectivity index (χ0n) is 16.2. The second-order valence-electron chi connectivity index (χ2n) is 9.46. The van der Waals surface area contributed by atoms with Crippen molar-refractivity contribution in [3.63, 3.8) is 0 Å². The van der Waals surface area contributed by atoms with Crippen molar-refractivity contribution in [3.8, 4) is 0 Å². The second-order valence-corrected chi connectivity index (χ2v) is 9.46. The Balaban J connectivity index is 1.22. The average Bonchev–Trinajstić information content (AvgIpc) is 3.25. The first-order valence-corrected chi connectivity index (χ1v) is 10.2. The van der Waals surface area contributed by atoms with Crippen LogP contribution in [-0.4, -0.2) is 42.1 Å². The Morgan fingerprint density at radius 2 is 2.11 bits per heavy atom. The van der Waals surface area contributed by atoms with Crippen molar-refractivity contribution in [2.24, 2.45) is 11.8 Å². The van der Waals surface area contributed by atoms with Gasteiger partial charge in [0.2, 0.25) is 5.91 Å². The Kier molecular flexibility index (Phi) is 3.62. The highest BCUT2D eigenvalue weighted by Gasteiger charge is 2.59. The Hall–Kier alpha value is -2.04. The molecule has 2 saturated carbocycles. The molecule has 1 aromatic rings. The number of piperidine rings is 1. The van der Waals surface area contributed by atoms with Gasteiger partial charge in [-0.1, -0.05) is 38.1 Å². The number of fused-ring (bicyclic) bond motifs is 1. The Labute approximate surface area is 160 Å². The van der Waals surface area contributed by atoms with E-state index in [2.05, 4.69) is 48.3 Å². The summed E-state index contributed by atoms with van der Waals surface area (Å²) < 4.78 is 5.02. The van der Waals surface area contributed by atoms with Crippen LogP contribution >= 0.6 is 0 Å². The first-order chi connectivity index (χ1) is 12.9. The lowest BCUT2D eigenvalue weighted by Gasteiger charge is -2.44. The highest BCUT2D eigenvalue weighted by atomic mass is 16.6. The van der Waals surface area contributed by atoms with Gasteiger partial charge in [-0.2, -0.15) is 0 Å². The molecule has 1 spiro atoms. The lowest BCUT2D eigenvalue weighted by Crippen LogP contribution is -2.58. The van der Waals surface area contributed by atoms with E-state index in [0.29, 0.717) is 23.9 Å². The van der Waals surface area contributed by atoms with E-state index < -0.39 is 0 Å². The molecule has 0 radical (unpaired) electrons. The van der Waals surface area contributed by atoms with Crippen LogP contribution in [0.4, 0.5) is 4.79 Å².